The zero-order valence-corrected chi connectivity index (χ0v) is 24.3. The first-order valence-corrected chi connectivity index (χ1v) is 15.8. The van der Waals surface area contributed by atoms with Gasteiger partial charge < -0.3 is 14.9 Å². The number of piperidine rings is 1. The van der Waals surface area contributed by atoms with E-state index in [2.05, 4.69) is 33.9 Å². The number of rotatable bonds is 9. The molecule has 3 fully saturated rings. The molecule has 0 amide bonds. The van der Waals surface area contributed by atoms with Crippen molar-refractivity contribution in [1.29, 1.82) is 0 Å². The minimum Gasteiger partial charge on any atom is -0.480 e. The number of nitrogens with zero attached hydrogens (tertiary/aromatic N) is 4. The summed E-state index contributed by atoms with van der Waals surface area (Å²) in [6.45, 7) is 10.8. The second-order valence-electron chi connectivity index (χ2n) is 11.5. The molecule has 3 heterocycles. The van der Waals surface area contributed by atoms with Crippen LogP contribution >= 0.6 is 11.3 Å². The summed E-state index contributed by atoms with van der Waals surface area (Å²) in [6.07, 6.45) is 10.6. The molecule has 2 aromatic rings. The standard InChI is InChI=1S/C25H42N4O2S.C6H6/c1-3-12-29(25-26-19(2)18-32-25)22-10-13-27(14-11-22)16-20-9-15-28(17-20)23(24(30)31)21-7-5-4-6-8-21;1-2-4-6-5-3-1/h18,20-23H,3-17H2,1-2H3,(H,30,31);1-6H. The van der Waals surface area contributed by atoms with E-state index in [0.717, 1.165) is 70.6 Å². The third-order valence-corrected chi connectivity index (χ3v) is 9.55. The van der Waals surface area contributed by atoms with Gasteiger partial charge >= 0.3 is 5.97 Å². The molecule has 0 bridgehead atoms. The molecule has 0 spiro atoms. The number of carboxylic acid groups (broad SMARTS) is 1. The molecule has 2 unspecified atom stereocenters. The fourth-order valence-corrected chi connectivity index (χ4v) is 7.58. The van der Waals surface area contributed by atoms with Crippen molar-refractivity contribution in [2.24, 2.45) is 11.8 Å². The fourth-order valence-electron chi connectivity index (χ4n) is 6.68. The number of carbonyl (C=O) groups is 1. The van der Waals surface area contributed by atoms with Crippen molar-refractivity contribution in [3.05, 3.63) is 47.5 Å². The lowest BCUT2D eigenvalue weighted by Crippen LogP contribution is -2.47. The number of aromatic nitrogens is 1. The van der Waals surface area contributed by atoms with Crippen LogP contribution in [-0.2, 0) is 4.79 Å². The first-order chi connectivity index (χ1) is 18.5. The molecule has 7 heteroatoms. The summed E-state index contributed by atoms with van der Waals surface area (Å²) in [4.78, 5) is 24.4. The van der Waals surface area contributed by atoms with E-state index >= 15 is 0 Å². The number of aryl methyl sites for hydroxylation is 1. The van der Waals surface area contributed by atoms with Crippen LogP contribution in [0.2, 0.25) is 0 Å². The number of aliphatic carboxylic acids is 1. The Morgan fingerprint density at radius 1 is 1.03 bits per heavy atom. The van der Waals surface area contributed by atoms with Gasteiger partial charge in [-0.2, -0.15) is 0 Å². The Morgan fingerprint density at radius 2 is 1.68 bits per heavy atom. The monoisotopic (exact) mass is 540 g/mol. The molecule has 1 saturated carbocycles. The molecule has 38 heavy (non-hydrogen) atoms. The minimum absolute atomic E-state index is 0.254. The predicted octanol–water partition coefficient (Wildman–Crippen LogP) is 6.17. The summed E-state index contributed by atoms with van der Waals surface area (Å²) in [5.41, 5.74) is 1.13. The summed E-state index contributed by atoms with van der Waals surface area (Å²) in [5.74, 6) is 0.381. The van der Waals surface area contributed by atoms with Crippen LogP contribution in [-0.4, -0.2) is 77.2 Å². The molecule has 3 aliphatic rings. The maximum Gasteiger partial charge on any atom is 0.321 e. The van der Waals surface area contributed by atoms with Crippen molar-refractivity contribution in [2.75, 3.05) is 44.2 Å². The third kappa shape index (κ3) is 8.27. The molecule has 1 aliphatic carbocycles. The minimum atomic E-state index is -0.591. The molecule has 5 rings (SSSR count). The van der Waals surface area contributed by atoms with E-state index in [-0.39, 0.29) is 6.04 Å². The molecular weight excluding hydrogens is 492 g/mol. The van der Waals surface area contributed by atoms with Crippen LogP contribution in [0.4, 0.5) is 5.13 Å². The maximum atomic E-state index is 12.1. The van der Waals surface area contributed by atoms with Crippen molar-refractivity contribution in [2.45, 2.75) is 83.7 Å². The molecule has 2 saturated heterocycles. The Labute approximate surface area is 234 Å². The van der Waals surface area contributed by atoms with Crippen LogP contribution in [0, 0.1) is 18.8 Å². The molecule has 0 radical (unpaired) electrons. The first kappa shape index (κ1) is 29.0. The Balaban J connectivity index is 0.000000494. The van der Waals surface area contributed by atoms with Gasteiger partial charge in [0.1, 0.15) is 6.04 Å². The van der Waals surface area contributed by atoms with Crippen molar-refractivity contribution in [3.8, 4) is 0 Å². The number of likely N-dealkylation sites (tertiary alicyclic amines) is 2. The average molecular weight is 541 g/mol. The highest BCUT2D eigenvalue weighted by Gasteiger charge is 2.38. The molecule has 1 N–H and O–H groups in total. The smallest absolute Gasteiger partial charge is 0.321 e. The number of thiazole rings is 1. The third-order valence-electron chi connectivity index (χ3n) is 8.56. The number of anilines is 1. The van der Waals surface area contributed by atoms with Crippen molar-refractivity contribution >= 4 is 22.4 Å². The Kier molecular flexibility index (Phi) is 11.5. The van der Waals surface area contributed by atoms with Crippen LogP contribution in [0.15, 0.2) is 41.8 Å². The first-order valence-electron chi connectivity index (χ1n) is 14.9. The zero-order chi connectivity index (χ0) is 26.7. The van der Waals surface area contributed by atoms with Gasteiger partial charge in [0, 0.05) is 44.1 Å². The van der Waals surface area contributed by atoms with Gasteiger partial charge in [0.05, 0.1) is 5.69 Å². The highest BCUT2D eigenvalue weighted by Crippen LogP contribution is 2.33. The highest BCUT2D eigenvalue weighted by molar-refractivity contribution is 7.13. The number of benzene rings is 1. The average Bonchev–Trinajstić information content (AvgIpc) is 3.58. The molecule has 1 aromatic heterocycles. The van der Waals surface area contributed by atoms with Crippen molar-refractivity contribution in [3.63, 3.8) is 0 Å². The lowest BCUT2D eigenvalue weighted by atomic mass is 9.83. The van der Waals surface area contributed by atoms with E-state index < -0.39 is 5.97 Å². The van der Waals surface area contributed by atoms with Gasteiger partial charge in [-0.25, -0.2) is 4.98 Å². The molecule has 210 valence electrons. The fraction of sp³-hybridized carbons (Fsp3) is 0.677. The van der Waals surface area contributed by atoms with Crippen LogP contribution in [0.3, 0.4) is 0 Å². The molecular formula is C31H48N4O2S. The van der Waals surface area contributed by atoms with Gasteiger partial charge in [-0.15, -0.1) is 11.3 Å². The van der Waals surface area contributed by atoms with E-state index in [1.165, 1.54) is 37.2 Å². The molecule has 6 nitrogen and oxygen atoms in total. The van der Waals surface area contributed by atoms with Crippen LogP contribution in [0.1, 0.15) is 70.4 Å². The normalized spacial score (nSPS) is 22.5. The van der Waals surface area contributed by atoms with Gasteiger partial charge in [-0.3, -0.25) is 9.69 Å². The van der Waals surface area contributed by atoms with E-state index in [4.69, 9.17) is 4.98 Å². The Morgan fingerprint density at radius 3 is 2.24 bits per heavy atom. The lowest BCUT2D eigenvalue weighted by molar-refractivity contribution is -0.145. The topological polar surface area (TPSA) is 59.9 Å². The van der Waals surface area contributed by atoms with Gasteiger partial charge in [0.15, 0.2) is 5.13 Å². The second-order valence-corrected chi connectivity index (χ2v) is 12.3. The van der Waals surface area contributed by atoms with Gasteiger partial charge in [-0.1, -0.05) is 62.6 Å². The number of hydrogen-bond donors (Lipinski definition) is 1. The Bertz CT molecular complexity index is 914. The van der Waals surface area contributed by atoms with Gasteiger partial charge in [0.2, 0.25) is 0 Å². The maximum absolute atomic E-state index is 12.1. The number of hydrogen-bond acceptors (Lipinski definition) is 6. The molecule has 1 aromatic carbocycles. The van der Waals surface area contributed by atoms with E-state index in [9.17, 15) is 9.90 Å². The lowest BCUT2D eigenvalue weighted by Gasteiger charge is -2.39. The quantitative estimate of drug-likeness (QED) is 0.410. The van der Waals surface area contributed by atoms with Gasteiger partial charge in [0.25, 0.3) is 0 Å². The molecule has 2 aliphatic heterocycles. The van der Waals surface area contributed by atoms with Crippen LogP contribution < -0.4 is 4.90 Å². The summed E-state index contributed by atoms with van der Waals surface area (Å²) in [6, 6.07) is 12.3. The Hall–Kier alpha value is -1.96. The second kappa shape index (κ2) is 15.0. The van der Waals surface area contributed by atoms with E-state index in [1.54, 1.807) is 11.3 Å². The summed E-state index contributed by atoms with van der Waals surface area (Å²) in [5, 5.41) is 13.3. The summed E-state index contributed by atoms with van der Waals surface area (Å²) in [7, 11) is 0. The largest absolute Gasteiger partial charge is 0.480 e. The highest BCUT2D eigenvalue weighted by atomic mass is 32.1. The van der Waals surface area contributed by atoms with Crippen LogP contribution in [0.25, 0.3) is 0 Å². The van der Waals surface area contributed by atoms with E-state index in [0.29, 0.717) is 17.9 Å². The summed E-state index contributed by atoms with van der Waals surface area (Å²) < 4.78 is 0. The SMILES string of the molecule is CCCN(c1nc(C)cs1)C1CCN(CC2CCN(C(C(=O)O)C3CCCCC3)C2)CC1.c1ccccc1. The van der Waals surface area contributed by atoms with E-state index in [1.807, 2.05) is 36.4 Å². The zero-order valence-electron chi connectivity index (χ0n) is 23.5. The molecule has 2 atom stereocenters. The van der Waals surface area contributed by atoms with Crippen molar-refractivity contribution in [1.82, 2.24) is 14.8 Å². The predicted molar refractivity (Wildman–Crippen MR) is 158 cm³/mol. The van der Waals surface area contributed by atoms with Gasteiger partial charge in [-0.05, 0) is 63.8 Å². The summed E-state index contributed by atoms with van der Waals surface area (Å²) >= 11 is 1.78. The number of carboxylic acids is 1. The van der Waals surface area contributed by atoms with Crippen molar-refractivity contribution < 1.29 is 9.90 Å². The van der Waals surface area contributed by atoms with Crippen LogP contribution in [0.5, 0.6) is 0 Å².